The van der Waals surface area contributed by atoms with Crippen molar-refractivity contribution in [2.45, 2.75) is 25.3 Å². The summed E-state index contributed by atoms with van der Waals surface area (Å²) < 4.78 is 3.67. The Morgan fingerprint density at radius 2 is 1.96 bits per heavy atom. The Kier molecular flexibility index (Phi) is 4.92. The summed E-state index contributed by atoms with van der Waals surface area (Å²) in [6, 6.07) is 7.51. The number of piperidine rings is 1. The summed E-state index contributed by atoms with van der Waals surface area (Å²) in [5, 5.41) is 0. The van der Waals surface area contributed by atoms with Crippen molar-refractivity contribution in [3.8, 4) is 5.69 Å². The van der Waals surface area contributed by atoms with Crippen LogP contribution in [-0.2, 0) is 11.3 Å². The largest absolute Gasteiger partial charge is 0.368 e. The number of rotatable bonds is 5. The molecule has 0 unspecified atom stereocenters. The highest BCUT2D eigenvalue weighted by molar-refractivity contribution is 5.94. The maximum Gasteiger partial charge on any atom is 0.253 e. The zero-order valence-corrected chi connectivity index (χ0v) is 15.4. The van der Waals surface area contributed by atoms with Crippen LogP contribution in [0.25, 0.3) is 5.69 Å². The van der Waals surface area contributed by atoms with E-state index in [1.165, 1.54) is 0 Å². The van der Waals surface area contributed by atoms with Gasteiger partial charge in [0, 0.05) is 55.0 Å². The zero-order chi connectivity index (χ0) is 19.5. The van der Waals surface area contributed by atoms with Gasteiger partial charge in [0.25, 0.3) is 5.91 Å². The smallest absolute Gasteiger partial charge is 0.253 e. The number of amides is 2. The molecule has 0 spiro atoms. The molecule has 0 bridgehead atoms. The minimum absolute atomic E-state index is 0.00916. The van der Waals surface area contributed by atoms with Gasteiger partial charge in [-0.05, 0) is 37.1 Å². The topological polar surface area (TPSA) is 99.0 Å². The average molecular weight is 378 g/mol. The molecule has 1 aliphatic heterocycles. The second-order valence-corrected chi connectivity index (χ2v) is 6.99. The molecule has 3 aromatic rings. The summed E-state index contributed by atoms with van der Waals surface area (Å²) in [6.45, 7) is 1.41. The Morgan fingerprint density at radius 1 is 1.14 bits per heavy atom. The van der Waals surface area contributed by atoms with Crippen molar-refractivity contribution in [1.82, 2.24) is 24.0 Å². The minimum atomic E-state index is -0.402. The second kappa shape index (κ2) is 7.67. The van der Waals surface area contributed by atoms with Crippen LogP contribution in [0.2, 0.25) is 0 Å². The molecule has 8 nitrogen and oxygen atoms in total. The minimum Gasteiger partial charge on any atom is -0.368 e. The number of nitrogens with zero attached hydrogens (tertiary/aromatic N) is 5. The molecule has 1 atom stereocenters. The van der Waals surface area contributed by atoms with Crippen molar-refractivity contribution in [1.29, 1.82) is 0 Å². The maximum absolute atomic E-state index is 13.0. The highest BCUT2D eigenvalue weighted by Crippen LogP contribution is 2.27. The van der Waals surface area contributed by atoms with Gasteiger partial charge < -0.3 is 19.8 Å². The summed E-state index contributed by atoms with van der Waals surface area (Å²) in [7, 11) is 0. The lowest BCUT2D eigenvalue weighted by Gasteiger charge is -2.32. The maximum atomic E-state index is 13.0. The number of carbonyl (C=O) groups excluding carboxylic acids is 2. The molecule has 2 N–H and O–H groups in total. The van der Waals surface area contributed by atoms with Gasteiger partial charge in [-0.2, -0.15) is 0 Å². The molecule has 2 aromatic heterocycles. The number of likely N-dealkylation sites (tertiary alicyclic amines) is 1. The molecule has 3 heterocycles. The van der Waals surface area contributed by atoms with E-state index in [2.05, 4.69) is 9.97 Å². The lowest BCUT2D eigenvalue weighted by atomic mass is 9.96. The van der Waals surface area contributed by atoms with Crippen molar-refractivity contribution in [2.24, 2.45) is 5.73 Å². The lowest BCUT2D eigenvalue weighted by molar-refractivity contribution is -0.118. The van der Waals surface area contributed by atoms with Crippen molar-refractivity contribution >= 4 is 11.8 Å². The highest BCUT2D eigenvalue weighted by Gasteiger charge is 2.28. The SMILES string of the molecule is NC(=O)Cn1ccnc1[C@@H]1CCCN(C(=O)c2ccc(-n3ccnc3)cc2)C1. The van der Waals surface area contributed by atoms with Crippen molar-refractivity contribution in [2.75, 3.05) is 13.1 Å². The van der Waals surface area contributed by atoms with Crippen LogP contribution >= 0.6 is 0 Å². The summed E-state index contributed by atoms with van der Waals surface area (Å²) in [4.78, 5) is 34.6. The van der Waals surface area contributed by atoms with Crippen molar-refractivity contribution in [3.05, 3.63) is 66.8 Å². The number of hydrogen-bond acceptors (Lipinski definition) is 4. The molecular formula is C20H22N6O2. The van der Waals surface area contributed by atoms with Gasteiger partial charge in [-0.25, -0.2) is 9.97 Å². The molecule has 4 rings (SSSR count). The van der Waals surface area contributed by atoms with Gasteiger partial charge in [0.2, 0.25) is 5.91 Å². The van der Waals surface area contributed by atoms with Crippen molar-refractivity contribution in [3.63, 3.8) is 0 Å². The Morgan fingerprint density at radius 3 is 2.68 bits per heavy atom. The van der Waals surface area contributed by atoms with Gasteiger partial charge in [0.15, 0.2) is 0 Å². The fourth-order valence-corrected chi connectivity index (χ4v) is 3.73. The molecule has 144 valence electrons. The summed E-state index contributed by atoms with van der Waals surface area (Å²) in [5.74, 6) is 0.514. The fourth-order valence-electron chi connectivity index (χ4n) is 3.73. The number of nitrogens with two attached hydrogens (primary N) is 1. The van der Waals surface area contributed by atoms with Gasteiger partial charge >= 0.3 is 0 Å². The molecule has 0 radical (unpaired) electrons. The van der Waals surface area contributed by atoms with Crippen LogP contribution in [0.1, 0.15) is 34.9 Å². The molecule has 8 heteroatoms. The Bertz CT molecular complexity index is 961. The first kappa shape index (κ1) is 18.0. The number of aromatic nitrogens is 4. The number of imidazole rings is 2. The molecule has 0 aliphatic carbocycles. The summed E-state index contributed by atoms with van der Waals surface area (Å²) in [5.41, 5.74) is 6.94. The standard InChI is InChI=1S/C20H22N6O2/c21-18(27)13-24-11-8-23-19(24)16-2-1-9-25(12-16)20(28)15-3-5-17(6-4-15)26-10-7-22-14-26/h3-8,10-11,14,16H,1-2,9,12-13H2,(H2,21,27)/t16-/m1/s1. The van der Waals surface area contributed by atoms with Crippen LogP contribution in [0.5, 0.6) is 0 Å². The van der Waals surface area contributed by atoms with E-state index >= 15 is 0 Å². The van der Waals surface area contributed by atoms with Crippen LogP contribution in [0.3, 0.4) is 0 Å². The van der Waals surface area contributed by atoms with E-state index in [1.54, 1.807) is 29.5 Å². The first-order valence-corrected chi connectivity index (χ1v) is 9.29. The molecule has 1 aliphatic rings. The van der Waals surface area contributed by atoms with E-state index < -0.39 is 5.91 Å². The average Bonchev–Trinajstić information content (AvgIpc) is 3.39. The third-order valence-corrected chi connectivity index (χ3v) is 5.06. The van der Waals surface area contributed by atoms with Crippen LogP contribution in [-0.4, -0.2) is 48.9 Å². The van der Waals surface area contributed by atoms with Gasteiger partial charge in [-0.1, -0.05) is 0 Å². The number of benzene rings is 1. The van der Waals surface area contributed by atoms with Crippen LogP contribution < -0.4 is 5.73 Å². The van der Waals surface area contributed by atoms with E-state index in [0.29, 0.717) is 12.1 Å². The number of carbonyl (C=O) groups is 2. The monoisotopic (exact) mass is 378 g/mol. The van der Waals surface area contributed by atoms with Gasteiger partial charge in [-0.15, -0.1) is 0 Å². The van der Waals surface area contributed by atoms with Gasteiger partial charge in [0.1, 0.15) is 12.4 Å². The number of hydrogen-bond donors (Lipinski definition) is 1. The molecule has 0 saturated carbocycles. The van der Waals surface area contributed by atoms with E-state index in [9.17, 15) is 9.59 Å². The zero-order valence-electron chi connectivity index (χ0n) is 15.4. The Balaban J connectivity index is 1.48. The normalized spacial score (nSPS) is 16.9. The van der Waals surface area contributed by atoms with E-state index in [4.69, 9.17) is 5.73 Å². The van der Waals surface area contributed by atoms with Crippen LogP contribution in [0.15, 0.2) is 55.4 Å². The quantitative estimate of drug-likeness (QED) is 0.728. The van der Waals surface area contributed by atoms with E-state index in [1.807, 2.05) is 39.9 Å². The molecule has 2 amide bonds. The molecule has 1 saturated heterocycles. The Labute approximate surface area is 162 Å². The summed E-state index contributed by atoms with van der Waals surface area (Å²) >= 11 is 0. The van der Waals surface area contributed by atoms with E-state index in [0.717, 1.165) is 30.9 Å². The molecule has 28 heavy (non-hydrogen) atoms. The second-order valence-electron chi connectivity index (χ2n) is 6.99. The van der Waals surface area contributed by atoms with E-state index in [-0.39, 0.29) is 18.4 Å². The van der Waals surface area contributed by atoms with Crippen molar-refractivity contribution < 1.29 is 9.59 Å². The first-order chi connectivity index (χ1) is 13.6. The number of primary amides is 1. The predicted octanol–water partition coefficient (Wildman–Crippen LogP) is 1.57. The molecular weight excluding hydrogens is 356 g/mol. The summed E-state index contributed by atoms with van der Waals surface area (Å²) in [6.07, 6.45) is 10.6. The van der Waals surface area contributed by atoms with Gasteiger partial charge in [-0.3, -0.25) is 9.59 Å². The predicted molar refractivity (Wildman–Crippen MR) is 103 cm³/mol. The molecule has 1 aromatic carbocycles. The third kappa shape index (κ3) is 3.66. The van der Waals surface area contributed by atoms with Gasteiger partial charge in [0.05, 0.1) is 6.33 Å². The Hall–Kier alpha value is -3.42. The van der Waals surface area contributed by atoms with Crippen LogP contribution in [0.4, 0.5) is 0 Å². The van der Waals surface area contributed by atoms with Crippen LogP contribution in [0, 0.1) is 0 Å². The molecule has 1 fully saturated rings. The third-order valence-electron chi connectivity index (χ3n) is 5.06. The lowest BCUT2D eigenvalue weighted by Crippen LogP contribution is -2.40. The first-order valence-electron chi connectivity index (χ1n) is 9.29. The highest BCUT2D eigenvalue weighted by atomic mass is 16.2. The fraction of sp³-hybridized carbons (Fsp3) is 0.300.